The Hall–Kier alpha value is -2.31. The molecule has 82 valence electrons. The first kappa shape index (κ1) is 10.2. The molecule has 0 fully saturated rings. The van der Waals surface area contributed by atoms with Crippen molar-refractivity contribution in [1.29, 1.82) is 0 Å². The van der Waals surface area contributed by atoms with Gasteiger partial charge >= 0.3 is 0 Å². The molecule has 0 aliphatic rings. The Bertz CT molecular complexity index is 475. The molecule has 0 aliphatic carbocycles. The lowest BCUT2D eigenvalue weighted by atomic mass is 10.4. The highest BCUT2D eigenvalue weighted by Gasteiger charge is 2.04. The van der Waals surface area contributed by atoms with Gasteiger partial charge < -0.3 is 11.1 Å². The molecule has 0 atom stereocenters. The van der Waals surface area contributed by atoms with Gasteiger partial charge in [0.25, 0.3) is 0 Å². The number of nitrogens with one attached hydrogen (secondary N) is 1. The highest BCUT2D eigenvalue weighted by Crippen LogP contribution is 2.10. The number of nitrogens with two attached hydrogens (primary N) is 1. The Morgan fingerprint density at radius 1 is 1.44 bits per heavy atom. The third kappa shape index (κ3) is 2.38. The zero-order valence-electron chi connectivity index (χ0n) is 8.26. The molecule has 0 saturated heterocycles. The zero-order chi connectivity index (χ0) is 11.4. The van der Waals surface area contributed by atoms with Crippen LogP contribution >= 0.6 is 0 Å². The molecule has 6 nitrogen and oxygen atoms in total. The van der Waals surface area contributed by atoms with Crippen LogP contribution < -0.4 is 11.1 Å². The van der Waals surface area contributed by atoms with Crippen LogP contribution in [0.1, 0.15) is 5.69 Å². The van der Waals surface area contributed by atoms with Crippen LogP contribution in [0.2, 0.25) is 0 Å². The number of halogens is 1. The summed E-state index contributed by atoms with van der Waals surface area (Å²) in [6.07, 6.45) is 2.58. The molecule has 2 rings (SSSR count). The molecule has 0 unspecified atom stereocenters. The third-order valence-electron chi connectivity index (χ3n) is 1.83. The summed E-state index contributed by atoms with van der Waals surface area (Å²) in [5, 5.41) is 10.3. The molecule has 0 aromatic carbocycles. The van der Waals surface area contributed by atoms with Crippen LogP contribution in [0.3, 0.4) is 0 Å². The summed E-state index contributed by atoms with van der Waals surface area (Å²) < 4.78 is 13.2. The first-order valence-corrected chi connectivity index (χ1v) is 4.54. The first-order chi connectivity index (χ1) is 7.75. The van der Waals surface area contributed by atoms with E-state index in [0.29, 0.717) is 12.2 Å². The summed E-state index contributed by atoms with van der Waals surface area (Å²) in [5.74, 6) is -0.487. The van der Waals surface area contributed by atoms with Crippen molar-refractivity contribution in [2.45, 2.75) is 6.54 Å². The summed E-state index contributed by atoms with van der Waals surface area (Å²) in [7, 11) is 0. The van der Waals surface area contributed by atoms with Crippen LogP contribution in [-0.4, -0.2) is 20.2 Å². The number of rotatable bonds is 3. The van der Waals surface area contributed by atoms with E-state index in [0.717, 1.165) is 6.20 Å². The fraction of sp³-hybridized carbons (Fsp3) is 0.111. The summed E-state index contributed by atoms with van der Waals surface area (Å²) >= 11 is 0. The van der Waals surface area contributed by atoms with Gasteiger partial charge in [0.15, 0.2) is 11.6 Å². The molecule has 0 aliphatic heterocycles. The second-order valence-electron chi connectivity index (χ2n) is 2.99. The fourth-order valence-electron chi connectivity index (χ4n) is 1.11. The number of anilines is 2. The van der Waals surface area contributed by atoms with Gasteiger partial charge in [-0.1, -0.05) is 0 Å². The van der Waals surface area contributed by atoms with Crippen LogP contribution in [0.5, 0.6) is 0 Å². The molecule has 2 aromatic rings. The summed E-state index contributed by atoms with van der Waals surface area (Å²) in [4.78, 5) is 7.24. The van der Waals surface area contributed by atoms with E-state index in [-0.39, 0.29) is 11.8 Å². The van der Waals surface area contributed by atoms with Crippen LogP contribution in [0.4, 0.5) is 16.2 Å². The molecule has 0 bridgehead atoms. The van der Waals surface area contributed by atoms with Crippen molar-refractivity contribution in [2.24, 2.45) is 0 Å². The molecule has 7 heteroatoms. The highest BCUT2D eigenvalue weighted by molar-refractivity contribution is 5.39. The van der Waals surface area contributed by atoms with Crippen molar-refractivity contribution in [2.75, 3.05) is 11.1 Å². The molecule has 0 amide bonds. The minimum Gasteiger partial charge on any atom is -0.368 e. The molecule has 2 aromatic heterocycles. The average molecular weight is 220 g/mol. The number of hydrogen-bond acceptors (Lipinski definition) is 6. The normalized spacial score (nSPS) is 10.1. The van der Waals surface area contributed by atoms with Crippen molar-refractivity contribution in [1.82, 2.24) is 20.2 Å². The molecule has 3 N–H and O–H groups in total. The van der Waals surface area contributed by atoms with Crippen molar-refractivity contribution < 1.29 is 4.39 Å². The molecule has 0 spiro atoms. The maximum Gasteiger partial charge on any atom is 0.222 e. The third-order valence-corrected chi connectivity index (χ3v) is 1.83. The van der Waals surface area contributed by atoms with Gasteiger partial charge in [0.05, 0.1) is 18.4 Å². The summed E-state index contributed by atoms with van der Waals surface area (Å²) in [6, 6.07) is 3.51. The molecular weight excluding hydrogens is 211 g/mol. The molecular formula is C9H9FN6. The number of aromatic nitrogens is 4. The van der Waals surface area contributed by atoms with Gasteiger partial charge in [-0.2, -0.15) is 15.2 Å². The smallest absolute Gasteiger partial charge is 0.222 e. The lowest BCUT2D eigenvalue weighted by molar-refractivity contribution is 0.617. The minimum atomic E-state index is -0.557. The van der Waals surface area contributed by atoms with E-state index < -0.39 is 5.82 Å². The molecule has 0 radical (unpaired) electrons. The Morgan fingerprint density at radius 2 is 2.31 bits per heavy atom. The zero-order valence-corrected chi connectivity index (χ0v) is 8.26. The highest BCUT2D eigenvalue weighted by atomic mass is 19.1. The van der Waals surface area contributed by atoms with E-state index in [1.807, 2.05) is 0 Å². The molecule has 2 heterocycles. The quantitative estimate of drug-likeness (QED) is 0.787. The van der Waals surface area contributed by atoms with Crippen LogP contribution in [-0.2, 0) is 6.54 Å². The van der Waals surface area contributed by atoms with Crippen molar-refractivity contribution in [3.05, 3.63) is 36.0 Å². The second-order valence-corrected chi connectivity index (χ2v) is 2.99. The predicted molar refractivity (Wildman–Crippen MR) is 55.8 cm³/mol. The van der Waals surface area contributed by atoms with Gasteiger partial charge in [-0.25, -0.2) is 9.37 Å². The van der Waals surface area contributed by atoms with Gasteiger partial charge in [0.2, 0.25) is 5.95 Å². The Labute approximate surface area is 90.8 Å². The van der Waals surface area contributed by atoms with E-state index in [9.17, 15) is 4.39 Å². The Morgan fingerprint density at radius 3 is 3.06 bits per heavy atom. The van der Waals surface area contributed by atoms with Crippen LogP contribution in [0.25, 0.3) is 0 Å². The van der Waals surface area contributed by atoms with Gasteiger partial charge in [-0.3, -0.25) is 0 Å². The topological polar surface area (TPSA) is 89.6 Å². The lowest BCUT2D eigenvalue weighted by Gasteiger charge is -2.05. The maximum absolute atomic E-state index is 13.2. The minimum absolute atomic E-state index is 0.0167. The SMILES string of the molecule is Nc1ncc(F)c(NCc2cccnn2)n1. The van der Waals surface area contributed by atoms with Crippen LogP contribution in [0, 0.1) is 5.82 Å². The lowest BCUT2D eigenvalue weighted by Crippen LogP contribution is -2.07. The monoisotopic (exact) mass is 220 g/mol. The van der Waals surface area contributed by atoms with Crippen molar-refractivity contribution >= 4 is 11.8 Å². The summed E-state index contributed by atoms with van der Waals surface area (Å²) in [6.45, 7) is 0.321. The number of hydrogen-bond donors (Lipinski definition) is 2. The second kappa shape index (κ2) is 4.47. The Balaban J connectivity index is 2.08. The van der Waals surface area contributed by atoms with Crippen molar-refractivity contribution in [3.63, 3.8) is 0 Å². The maximum atomic E-state index is 13.2. The number of nitrogens with zero attached hydrogens (tertiary/aromatic N) is 4. The van der Waals surface area contributed by atoms with Crippen molar-refractivity contribution in [3.8, 4) is 0 Å². The van der Waals surface area contributed by atoms with E-state index >= 15 is 0 Å². The van der Waals surface area contributed by atoms with Gasteiger partial charge in [0.1, 0.15) is 0 Å². The average Bonchev–Trinajstić information content (AvgIpc) is 2.32. The predicted octanol–water partition coefficient (Wildman–Crippen LogP) is 0.600. The largest absolute Gasteiger partial charge is 0.368 e. The van der Waals surface area contributed by atoms with Crippen LogP contribution in [0.15, 0.2) is 24.5 Å². The van der Waals surface area contributed by atoms with Gasteiger partial charge in [-0.05, 0) is 12.1 Å². The number of nitrogen functional groups attached to an aromatic ring is 1. The van der Waals surface area contributed by atoms with E-state index in [4.69, 9.17) is 5.73 Å². The first-order valence-electron chi connectivity index (χ1n) is 4.54. The van der Waals surface area contributed by atoms with Gasteiger partial charge in [0, 0.05) is 6.20 Å². The van der Waals surface area contributed by atoms with E-state index in [1.54, 1.807) is 18.3 Å². The molecule has 0 saturated carbocycles. The fourth-order valence-corrected chi connectivity index (χ4v) is 1.11. The van der Waals surface area contributed by atoms with E-state index in [1.165, 1.54) is 0 Å². The standard InChI is InChI=1S/C9H9FN6/c10-7-5-13-9(11)15-8(7)12-4-6-2-1-3-14-16-6/h1-3,5H,4H2,(H3,11,12,13,15). The summed E-state index contributed by atoms with van der Waals surface area (Å²) in [5.41, 5.74) is 6.02. The van der Waals surface area contributed by atoms with Gasteiger partial charge in [-0.15, -0.1) is 0 Å². The Kier molecular flexibility index (Phi) is 2.86. The van der Waals surface area contributed by atoms with E-state index in [2.05, 4.69) is 25.5 Å². The molecule has 16 heavy (non-hydrogen) atoms.